The maximum Gasteiger partial charge on any atom is 0.222 e. The van der Waals surface area contributed by atoms with Gasteiger partial charge in [-0.05, 0) is 24.6 Å². The molecular weight excluding hydrogens is 216 g/mol. The molecule has 0 spiro atoms. The predicted molar refractivity (Wildman–Crippen MR) is 65.5 cm³/mol. The third-order valence-corrected chi connectivity index (χ3v) is 3.19. The number of nitrogens with two attached hydrogens (primary N) is 1. The van der Waals surface area contributed by atoms with Crippen LogP contribution in [-0.4, -0.2) is 22.0 Å². The van der Waals surface area contributed by atoms with Gasteiger partial charge >= 0.3 is 0 Å². The van der Waals surface area contributed by atoms with Crippen LogP contribution in [0.5, 0.6) is 0 Å². The molecule has 0 bridgehead atoms. The zero-order valence-corrected chi connectivity index (χ0v) is 9.60. The van der Waals surface area contributed by atoms with Gasteiger partial charge in [0.2, 0.25) is 11.9 Å². The van der Waals surface area contributed by atoms with Gasteiger partial charge in [-0.1, -0.05) is 6.07 Å². The third kappa shape index (κ3) is 1.54. The van der Waals surface area contributed by atoms with Crippen molar-refractivity contribution in [3.8, 4) is 0 Å². The maximum atomic E-state index is 11.3. The molecule has 3 rings (SSSR count). The minimum atomic E-state index is 0.0726. The molecular formula is C12H14N4O. The van der Waals surface area contributed by atoms with Crippen LogP contribution in [-0.2, 0) is 4.79 Å². The Morgan fingerprint density at radius 1 is 1.53 bits per heavy atom. The standard InChI is InChI=1S/C12H14N4O/c1-7-2-3-10-9(4-7)15-12(13)16(10)8-5-11(17)14-6-8/h2-4,8H,5-6H2,1H3,(H2,13,15)(H,14,17). The molecule has 1 aromatic carbocycles. The Morgan fingerprint density at radius 3 is 3.06 bits per heavy atom. The third-order valence-electron chi connectivity index (χ3n) is 3.19. The quantitative estimate of drug-likeness (QED) is 0.767. The number of imidazole rings is 1. The highest BCUT2D eigenvalue weighted by molar-refractivity contribution is 5.82. The van der Waals surface area contributed by atoms with Crippen molar-refractivity contribution in [1.82, 2.24) is 14.9 Å². The average Bonchev–Trinajstić information content (AvgIpc) is 2.80. The molecule has 5 heteroatoms. The Labute approximate surface area is 98.6 Å². The lowest BCUT2D eigenvalue weighted by atomic mass is 10.2. The van der Waals surface area contributed by atoms with Crippen molar-refractivity contribution >= 4 is 22.9 Å². The molecule has 0 radical (unpaired) electrons. The van der Waals surface area contributed by atoms with Crippen LogP contribution in [0.15, 0.2) is 18.2 Å². The SMILES string of the molecule is Cc1ccc2c(c1)nc(N)n2C1CNC(=O)C1. The highest BCUT2D eigenvalue weighted by Crippen LogP contribution is 2.27. The van der Waals surface area contributed by atoms with Gasteiger partial charge < -0.3 is 15.6 Å². The molecule has 2 heterocycles. The largest absolute Gasteiger partial charge is 0.369 e. The second-order valence-corrected chi connectivity index (χ2v) is 4.49. The van der Waals surface area contributed by atoms with Crippen molar-refractivity contribution < 1.29 is 4.79 Å². The number of anilines is 1. The highest BCUT2D eigenvalue weighted by atomic mass is 16.1. The van der Waals surface area contributed by atoms with Gasteiger partial charge in [-0.2, -0.15) is 0 Å². The van der Waals surface area contributed by atoms with Crippen molar-refractivity contribution in [3.63, 3.8) is 0 Å². The van der Waals surface area contributed by atoms with E-state index in [2.05, 4.69) is 10.3 Å². The predicted octanol–water partition coefficient (Wildman–Crippen LogP) is 0.988. The van der Waals surface area contributed by atoms with Gasteiger partial charge in [-0.15, -0.1) is 0 Å². The van der Waals surface area contributed by atoms with E-state index >= 15 is 0 Å². The Kier molecular flexibility index (Phi) is 2.07. The highest BCUT2D eigenvalue weighted by Gasteiger charge is 2.26. The van der Waals surface area contributed by atoms with Gasteiger partial charge in [0, 0.05) is 13.0 Å². The van der Waals surface area contributed by atoms with Crippen LogP contribution in [0, 0.1) is 6.92 Å². The van der Waals surface area contributed by atoms with E-state index in [-0.39, 0.29) is 11.9 Å². The van der Waals surface area contributed by atoms with Crippen molar-refractivity contribution in [3.05, 3.63) is 23.8 Å². The number of carbonyl (C=O) groups excluding carboxylic acids is 1. The van der Waals surface area contributed by atoms with Crippen molar-refractivity contribution in [2.75, 3.05) is 12.3 Å². The van der Waals surface area contributed by atoms with Crippen LogP contribution >= 0.6 is 0 Å². The van der Waals surface area contributed by atoms with E-state index in [4.69, 9.17) is 5.73 Å². The average molecular weight is 230 g/mol. The van der Waals surface area contributed by atoms with Crippen LogP contribution < -0.4 is 11.1 Å². The lowest BCUT2D eigenvalue weighted by Gasteiger charge is -2.12. The molecule has 1 atom stereocenters. The molecule has 1 aromatic heterocycles. The Morgan fingerprint density at radius 2 is 2.35 bits per heavy atom. The van der Waals surface area contributed by atoms with Crippen LogP contribution in [0.25, 0.3) is 11.0 Å². The van der Waals surface area contributed by atoms with E-state index in [9.17, 15) is 4.79 Å². The zero-order valence-electron chi connectivity index (χ0n) is 9.60. The molecule has 1 saturated heterocycles. The van der Waals surface area contributed by atoms with Crippen molar-refractivity contribution in [2.45, 2.75) is 19.4 Å². The van der Waals surface area contributed by atoms with Gasteiger partial charge in [0.25, 0.3) is 0 Å². The zero-order chi connectivity index (χ0) is 12.0. The molecule has 0 aliphatic carbocycles. The monoisotopic (exact) mass is 230 g/mol. The molecule has 1 aliphatic heterocycles. The summed E-state index contributed by atoms with van der Waals surface area (Å²) in [6, 6.07) is 6.13. The van der Waals surface area contributed by atoms with E-state index in [1.165, 1.54) is 0 Å². The summed E-state index contributed by atoms with van der Waals surface area (Å²) < 4.78 is 1.95. The smallest absolute Gasteiger partial charge is 0.222 e. The minimum Gasteiger partial charge on any atom is -0.369 e. The first-order valence-corrected chi connectivity index (χ1v) is 5.66. The second kappa shape index (κ2) is 3.48. The first-order chi connectivity index (χ1) is 8.15. The molecule has 17 heavy (non-hydrogen) atoms. The van der Waals surface area contributed by atoms with Gasteiger partial charge in [-0.3, -0.25) is 4.79 Å². The Balaban J connectivity index is 2.15. The number of hydrogen-bond acceptors (Lipinski definition) is 3. The number of fused-ring (bicyclic) bond motifs is 1. The summed E-state index contributed by atoms with van der Waals surface area (Å²) in [5.74, 6) is 0.551. The minimum absolute atomic E-state index is 0.0726. The van der Waals surface area contributed by atoms with E-state index in [1.807, 2.05) is 29.7 Å². The van der Waals surface area contributed by atoms with Gasteiger partial charge in [-0.25, -0.2) is 4.98 Å². The van der Waals surface area contributed by atoms with E-state index < -0.39 is 0 Å². The van der Waals surface area contributed by atoms with E-state index in [0.29, 0.717) is 18.9 Å². The fraction of sp³-hybridized carbons (Fsp3) is 0.333. The number of aryl methyl sites for hydroxylation is 1. The summed E-state index contributed by atoms with van der Waals surface area (Å²) in [7, 11) is 0. The first-order valence-electron chi connectivity index (χ1n) is 5.66. The lowest BCUT2D eigenvalue weighted by Crippen LogP contribution is -2.16. The van der Waals surface area contributed by atoms with Gasteiger partial charge in [0.15, 0.2) is 0 Å². The number of nitrogens with one attached hydrogen (secondary N) is 1. The molecule has 2 aromatic rings. The molecule has 1 fully saturated rings. The summed E-state index contributed by atoms with van der Waals surface area (Å²) in [6.07, 6.45) is 0.476. The normalized spacial score (nSPS) is 19.8. The maximum absolute atomic E-state index is 11.3. The summed E-state index contributed by atoms with van der Waals surface area (Å²) in [5, 5.41) is 2.82. The fourth-order valence-electron chi connectivity index (χ4n) is 2.38. The Hall–Kier alpha value is -2.04. The summed E-state index contributed by atoms with van der Waals surface area (Å²) >= 11 is 0. The van der Waals surface area contributed by atoms with Crippen molar-refractivity contribution in [1.29, 1.82) is 0 Å². The molecule has 3 N–H and O–H groups in total. The first kappa shape index (κ1) is 10.1. The van der Waals surface area contributed by atoms with Crippen LogP contribution in [0.3, 0.4) is 0 Å². The fourth-order valence-corrected chi connectivity index (χ4v) is 2.38. The van der Waals surface area contributed by atoms with E-state index in [0.717, 1.165) is 16.6 Å². The number of aromatic nitrogens is 2. The van der Waals surface area contributed by atoms with Crippen LogP contribution in [0.2, 0.25) is 0 Å². The van der Waals surface area contributed by atoms with Gasteiger partial charge in [0.1, 0.15) is 0 Å². The van der Waals surface area contributed by atoms with Gasteiger partial charge in [0.05, 0.1) is 17.1 Å². The number of amides is 1. The molecule has 88 valence electrons. The molecule has 5 nitrogen and oxygen atoms in total. The molecule has 1 aliphatic rings. The number of rotatable bonds is 1. The number of benzene rings is 1. The number of carbonyl (C=O) groups is 1. The molecule has 0 saturated carbocycles. The Bertz CT molecular complexity index is 602. The second-order valence-electron chi connectivity index (χ2n) is 4.49. The van der Waals surface area contributed by atoms with Crippen LogP contribution in [0.4, 0.5) is 5.95 Å². The summed E-state index contributed by atoms with van der Waals surface area (Å²) in [6.45, 7) is 2.65. The van der Waals surface area contributed by atoms with Crippen molar-refractivity contribution in [2.24, 2.45) is 0 Å². The molecule has 1 unspecified atom stereocenters. The summed E-state index contributed by atoms with van der Waals surface area (Å²) in [4.78, 5) is 15.6. The molecule has 1 amide bonds. The summed E-state index contributed by atoms with van der Waals surface area (Å²) in [5.41, 5.74) is 8.98. The number of nitrogens with zero attached hydrogens (tertiary/aromatic N) is 2. The lowest BCUT2D eigenvalue weighted by molar-refractivity contribution is -0.119. The van der Waals surface area contributed by atoms with Crippen LogP contribution in [0.1, 0.15) is 18.0 Å². The number of nitrogen functional groups attached to an aromatic ring is 1. The topological polar surface area (TPSA) is 72.9 Å². The van der Waals surface area contributed by atoms with E-state index in [1.54, 1.807) is 0 Å². The number of hydrogen-bond donors (Lipinski definition) is 2.